The van der Waals surface area contributed by atoms with Crippen molar-refractivity contribution < 1.29 is 0 Å². The molecule has 0 radical (unpaired) electrons. The van der Waals surface area contributed by atoms with Crippen molar-refractivity contribution in [2.45, 2.75) is 0 Å². The average molecular weight is 479 g/mol. The Morgan fingerprint density at radius 2 is 1.53 bits per heavy atom. The minimum Gasteiger partial charge on any atom is -0.266 e. The molecule has 5 aromatic rings. The molecule has 30 heavy (non-hydrogen) atoms. The van der Waals surface area contributed by atoms with E-state index < -0.39 is 0 Å². The van der Waals surface area contributed by atoms with Crippen LogP contribution in [0.5, 0.6) is 0 Å². The van der Waals surface area contributed by atoms with E-state index in [4.69, 9.17) is 16.6 Å². The Hall–Kier alpha value is -3.29. The van der Waals surface area contributed by atoms with Gasteiger partial charge in [0.25, 0.3) is 5.56 Å². The standard InChI is InChI=1S/C22H13BrClN5O/c23-15-8-6-14(7-9-15)20-25-21-19(26-27-29(21)18-4-2-1-3-5-18)22(30)28(20)17-12-10-16(24)11-13-17/h1-13H. The van der Waals surface area contributed by atoms with Gasteiger partial charge in [0.2, 0.25) is 0 Å². The second-order valence-electron chi connectivity index (χ2n) is 6.57. The van der Waals surface area contributed by atoms with Crippen LogP contribution in [0.25, 0.3) is 33.9 Å². The van der Waals surface area contributed by atoms with Crippen LogP contribution in [0, 0.1) is 0 Å². The Balaban J connectivity index is 1.85. The zero-order valence-electron chi connectivity index (χ0n) is 15.4. The van der Waals surface area contributed by atoms with E-state index in [-0.39, 0.29) is 11.1 Å². The molecule has 0 fully saturated rings. The van der Waals surface area contributed by atoms with Gasteiger partial charge in [0.15, 0.2) is 11.2 Å². The number of fused-ring (bicyclic) bond motifs is 1. The number of hydrogen-bond acceptors (Lipinski definition) is 4. The van der Waals surface area contributed by atoms with Gasteiger partial charge in [0.05, 0.1) is 11.4 Å². The third kappa shape index (κ3) is 3.22. The van der Waals surface area contributed by atoms with Gasteiger partial charge in [0, 0.05) is 15.1 Å². The van der Waals surface area contributed by atoms with Gasteiger partial charge in [-0.3, -0.25) is 9.36 Å². The summed E-state index contributed by atoms with van der Waals surface area (Å²) in [7, 11) is 0. The molecule has 5 rings (SSSR count). The van der Waals surface area contributed by atoms with Crippen LogP contribution < -0.4 is 5.56 Å². The largest absolute Gasteiger partial charge is 0.288 e. The predicted molar refractivity (Wildman–Crippen MR) is 120 cm³/mol. The maximum absolute atomic E-state index is 13.5. The van der Waals surface area contributed by atoms with Crippen molar-refractivity contribution in [1.82, 2.24) is 24.5 Å². The monoisotopic (exact) mass is 477 g/mol. The maximum Gasteiger partial charge on any atom is 0.288 e. The smallest absolute Gasteiger partial charge is 0.266 e. The van der Waals surface area contributed by atoms with E-state index in [1.165, 1.54) is 4.57 Å². The highest BCUT2D eigenvalue weighted by molar-refractivity contribution is 9.10. The molecule has 0 aliphatic heterocycles. The molecule has 0 aliphatic rings. The van der Waals surface area contributed by atoms with Gasteiger partial charge in [-0.2, -0.15) is 4.68 Å². The van der Waals surface area contributed by atoms with Crippen LogP contribution in [0.1, 0.15) is 0 Å². The normalized spacial score (nSPS) is 11.1. The molecular formula is C22H13BrClN5O. The first-order chi connectivity index (χ1) is 14.6. The topological polar surface area (TPSA) is 65.6 Å². The van der Waals surface area contributed by atoms with E-state index in [9.17, 15) is 4.79 Å². The van der Waals surface area contributed by atoms with Gasteiger partial charge in [-0.05, 0) is 48.5 Å². The van der Waals surface area contributed by atoms with Gasteiger partial charge in [-0.1, -0.05) is 63.1 Å². The minimum atomic E-state index is -0.303. The van der Waals surface area contributed by atoms with Crippen molar-refractivity contribution >= 4 is 38.7 Å². The summed E-state index contributed by atoms with van der Waals surface area (Å²) in [4.78, 5) is 18.3. The SMILES string of the molecule is O=c1c2nnn(-c3ccccc3)c2nc(-c2ccc(Br)cc2)n1-c1ccc(Cl)cc1. The van der Waals surface area contributed by atoms with Crippen molar-refractivity contribution in [2.24, 2.45) is 0 Å². The minimum absolute atomic E-state index is 0.190. The first kappa shape index (κ1) is 18.7. The van der Waals surface area contributed by atoms with Crippen LogP contribution in [0.3, 0.4) is 0 Å². The number of nitrogens with zero attached hydrogens (tertiary/aromatic N) is 5. The van der Waals surface area contributed by atoms with E-state index in [0.29, 0.717) is 22.2 Å². The predicted octanol–water partition coefficient (Wildman–Crippen LogP) is 5.05. The molecule has 2 heterocycles. The molecular weight excluding hydrogens is 466 g/mol. The number of hydrogen-bond donors (Lipinski definition) is 0. The number of benzene rings is 3. The average Bonchev–Trinajstić information content (AvgIpc) is 3.20. The Labute approximate surface area is 184 Å². The molecule has 0 spiro atoms. The molecule has 0 saturated heterocycles. The summed E-state index contributed by atoms with van der Waals surface area (Å²) in [6.07, 6.45) is 0. The van der Waals surface area contributed by atoms with Gasteiger partial charge >= 0.3 is 0 Å². The molecule has 0 amide bonds. The van der Waals surface area contributed by atoms with Crippen LogP contribution >= 0.6 is 27.5 Å². The zero-order chi connectivity index (χ0) is 20.7. The Morgan fingerprint density at radius 1 is 0.833 bits per heavy atom. The highest BCUT2D eigenvalue weighted by Crippen LogP contribution is 2.25. The molecule has 0 unspecified atom stereocenters. The number of aromatic nitrogens is 5. The van der Waals surface area contributed by atoms with E-state index in [2.05, 4.69) is 26.2 Å². The summed E-state index contributed by atoms with van der Waals surface area (Å²) >= 11 is 9.50. The summed E-state index contributed by atoms with van der Waals surface area (Å²) in [5, 5.41) is 8.90. The Morgan fingerprint density at radius 3 is 2.23 bits per heavy atom. The molecule has 146 valence electrons. The molecule has 3 aromatic carbocycles. The second kappa shape index (κ2) is 7.51. The van der Waals surface area contributed by atoms with E-state index >= 15 is 0 Å². The molecule has 2 aromatic heterocycles. The molecule has 0 atom stereocenters. The van der Waals surface area contributed by atoms with Crippen molar-refractivity contribution in [2.75, 3.05) is 0 Å². The van der Waals surface area contributed by atoms with E-state index in [1.54, 1.807) is 28.9 Å². The molecule has 0 bridgehead atoms. The third-order valence-corrected chi connectivity index (χ3v) is 5.44. The molecule has 8 heteroatoms. The van der Waals surface area contributed by atoms with E-state index in [0.717, 1.165) is 15.7 Å². The van der Waals surface area contributed by atoms with Crippen LogP contribution in [0.2, 0.25) is 5.02 Å². The maximum atomic E-state index is 13.5. The zero-order valence-corrected chi connectivity index (χ0v) is 17.7. The van der Waals surface area contributed by atoms with Crippen LogP contribution in [0.15, 0.2) is 88.1 Å². The van der Waals surface area contributed by atoms with E-state index in [1.807, 2.05) is 54.6 Å². The van der Waals surface area contributed by atoms with Gasteiger partial charge in [-0.25, -0.2) is 4.98 Å². The summed E-state index contributed by atoms with van der Waals surface area (Å²) in [5.41, 5.74) is 2.49. The quantitative estimate of drug-likeness (QED) is 0.364. The molecule has 0 aliphatic carbocycles. The van der Waals surface area contributed by atoms with Gasteiger partial charge in [-0.15, -0.1) is 5.10 Å². The van der Waals surface area contributed by atoms with Crippen LogP contribution in [-0.2, 0) is 0 Å². The number of rotatable bonds is 3. The number of para-hydroxylation sites is 1. The molecule has 0 saturated carbocycles. The lowest BCUT2D eigenvalue weighted by Gasteiger charge is -2.13. The third-order valence-electron chi connectivity index (χ3n) is 4.66. The highest BCUT2D eigenvalue weighted by atomic mass is 79.9. The second-order valence-corrected chi connectivity index (χ2v) is 7.92. The van der Waals surface area contributed by atoms with Gasteiger partial charge < -0.3 is 0 Å². The van der Waals surface area contributed by atoms with Crippen LogP contribution in [0.4, 0.5) is 0 Å². The lowest BCUT2D eigenvalue weighted by Crippen LogP contribution is -2.22. The fourth-order valence-electron chi connectivity index (χ4n) is 3.23. The van der Waals surface area contributed by atoms with Crippen molar-refractivity contribution in [3.8, 4) is 22.8 Å². The Bertz CT molecular complexity index is 1410. The van der Waals surface area contributed by atoms with Gasteiger partial charge in [0.1, 0.15) is 5.82 Å². The number of halogens is 2. The Kier molecular flexibility index (Phi) is 4.69. The summed E-state index contributed by atoms with van der Waals surface area (Å²) in [6.45, 7) is 0. The van der Waals surface area contributed by atoms with Crippen molar-refractivity contribution in [3.63, 3.8) is 0 Å². The first-order valence-electron chi connectivity index (χ1n) is 9.07. The fraction of sp³-hybridized carbons (Fsp3) is 0. The summed E-state index contributed by atoms with van der Waals surface area (Å²) in [5.74, 6) is 0.488. The van der Waals surface area contributed by atoms with Crippen LogP contribution in [-0.4, -0.2) is 24.5 Å². The first-order valence-corrected chi connectivity index (χ1v) is 10.2. The molecule has 0 N–H and O–H groups in total. The van der Waals surface area contributed by atoms with Crippen molar-refractivity contribution in [3.05, 3.63) is 98.7 Å². The van der Waals surface area contributed by atoms with Crippen molar-refractivity contribution in [1.29, 1.82) is 0 Å². The highest BCUT2D eigenvalue weighted by Gasteiger charge is 2.19. The summed E-state index contributed by atoms with van der Waals surface area (Å²) < 4.78 is 4.04. The lowest BCUT2D eigenvalue weighted by molar-refractivity contribution is 0.817. The lowest BCUT2D eigenvalue weighted by atomic mass is 10.2. The fourth-order valence-corrected chi connectivity index (χ4v) is 3.62. The molecule has 6 nitrogen and oxygen atoms in total. The summed E-state index contributed by atoms with van der Waals surface area (Å²) in [6, 6.07) is 24.1.